The van der Waals surface area contributed by atoms with E-state index in [4.69, 9.17) is 19.2 Å². The van der Waals surface area contributed by atoms with Gasteiger partial charge in [0.15, 0.2) is 17.3 Å². The van der Waals surface area contributed by atoms with E-state index in [9.17, 15) is 5.11 Å². The van der Waals surface area contributed by atoms with Gasteiger partial charge in [-0.25, -0.2) is 9.37 Å². The third-order valence-corrected chi connectivity index (χ3v) is 7.27. The van der Waals surface area contributed by atoms with E-state index in [1.54, 1.807) is 7.11 Å². The van der Waals surface area contributed by atoms with Crippen LogP contribution in [0.3, 0.4) is 0 Å². The van der Waals surface area contributed by atoms with E-state index >= 15 is 4.39 Å². The second kappa shape index (κ2) is 10.5. The number of aliphatic hydroxyl groups is 1. The van der Waals surface area contributed by atoms with Gasteiger partial charge in [0.2, 0.25) is 18.1 Å². The fraction of sp³-hybridized carbons (Fsp3) is 0.194. The molecule has 0 saturated carbocycles. The summed E-state index contributed by atoms with van der Waals surface area (Å²) in [6.07, 6.45) is -3.04. The number of nitrogens with zero attached hydrogens (tertiary/aromatic N) is 4. The molecule has 208 valence electrons. The summed E-state index contributed by atoms with van der Waals surface area (Å²) in [5, 5.41) is 13.7. The van der Waals surface area contributed by atoms with E-state index in [-0.39, 0.29) is 23.2 Å². The quantitative estimate of drug-likeness (QED) is 0.259. The van der Waals surface area contributed by atoms with Gasteiger partial charge in [-0.1, -0.05) is 79.4 Å². The Morgan fingerprint density at radius 1 is 0.902 bits per heavy atom. The summed E-state index contributed by atoms with van der Waals surface area (Å²) in [5.41, 5.74) is 2.36. The highest BCUT2D eigenvalue weighted by Crippen LogP contribution is 2.41. The molecule has 3 aromatic carbocycles. The first-order valence-corrected chi connectivity index (χ1v) is 13.0. The van der Waals surface area contributed by atoms with Crippen LogP contribution >= 0.6 is 0 Å². The molecule has 9 nitrogen and oxygen atoms in total. The summed E-state index contributed by atoms with van der Waals surface area (Å²) in [5.74, 6) is 1.05. The van der Waals surface area contributed by atoms with E-state index in [1.807, 2.05) is 84.9 Å². The van der Waals surface area contributed by atoms with Crippen molar-refractivity contribution in [1.82, 2.24) is 19.5 Å². The molecule has 0 aliphatic carbocycles. The van der Waals surface area contributed by atoms with Crippen molar-refractivity contribution in [2.75, 3.05) is 19.5 Å². The molecular formula is C31H28FN5O4. The van der Waals surface area contributed by atoms with Gasteiger partial charge in [-0.05, 0) is 28.8 Å². The topological polar surface area (TPSA) is 104 Å². The molecule has 41 heavy (non-hydrogen) atoms. The van der Waals surface area contributed by atoms with Crippen LogP contribution in [0.15, 0.2) is 104 Å². The lowest BCUT2D eigenvalue weighted by Crippen LogP contribution is -2.38. The molecule has 0 unspecified atom stereocenters. The predicted octanol–water partition coefficient (Wildman–Crippen LogP) is 4.99. The zero-order chi connectivity index (χ0) is 28.6. The number of hydrogen-bond acceptors (Lipinski definition) is 8. The Bertz CT molecular complexity index is 1640. The molecule has 5 aromatic rings. The van der Waals surface area contributed by atoms with Crippen LogP contribution in [0.4, 0.5) is 10.3 Å². The molecule has 0 bridgehead atoms. The van der Waals surface area contributed by atoms with Gasteiger partial charge in [0.05, 0.1) is 14.2 Å². The predicted molar refractivity (Wildman–Crippen MR) is 151 cm³/mol. The smallest absolute Gasteiger partial charge is 0.246 e. The van der Waals surface area contributed by atoms with Crippen LogP contribution in [0, 0.1) is 0 Å². The number of hydrogen-bond donors (Lipinski definition) is 2. The van der Waals surface area contributed by atoms with E-state index in [0.29, 0.717) is 11.3 Å². The van der Waals surface area contributed by atoms with Crippen molar-refractivity contribution in [1.29, 1.82) is 0 Å². The van der Waals surface area contributed by atoms with Gasteiger partial charge >= 0.3 is 0 Å². The average Bonchev–Trinajstić information content (AvgIpc) is 3.56. The summed E-state index contributed by atoms with van der Waals surface area (Å²) in [4.78, 5) is 13.8. The van der Waals surface area contributed by atoms with Crippen molar-refractivity contribution >= 4 is 17.1 Å². The molecule has 10 heteroatoms. The molecule has 1 aliphatic rings. The van der Waals surface area contributed by atoms with Crippen molar-refractivity contribution < 1.29 is 23.7 Å². The Hall–Kier alpha value is -4.96. The van der Waals surface area contributed by atoms with Crippen molar-refractivity contribution in [3.05, 3.63) is 120 Å². The summed E-state index contributed by atoms with van der Waals surface area (Å²) >= 11 is 0. The Kier molecular flexibility index (Phi) is 6.76. The van der Waals surface area contributed by atoms with Crippen molar-refractivity contribution in [3.8, 4) is 11.6 Å². The highest BCUT2D eigenvalue weighted by Gasteiger charge is 2.43. The Labute approximate surface area is 235 Å². The largest absolute Gasteiger partial charge is 0.497 e. The van der Waals surface area contributed by atoms with Crippen LogP contribution in [-0.2, 0) is 10.3 Å². The number of ether oxygens (including phenoxy) is 3. The number of imidazole rings is 1. The molecule has 1 saturated heterocycles. The van der Waals surface area contributed by atoms with Gasteiger partial charge in [0.25, 0.3) is 0 Å². The number of methoxy groups -OCH3 is 2. The first-order chi connectivity index (χ1) is 20.0. The molecule has 2 N–H and O–H groups in total. The first-order valence-electron chi connectivity index (χ1n) is 13.0. The standard InChI is InChI=1S/C31H28FN5O4/c1-19-26(38)24(32)29(41-19)37-18-33-25-27(37)34-30(35-28(25)40-3)36-31(20-10-6-4-7-11-20,21-12-8-5-9-13-21)22-14-16-23(39-2)17-15-22/h4-18,24,26,29,38H,1H2,2-3H3,(H,34,35,36)/t24-,26-,29-/m1/s1. The number of anilines is 1. The van der Waals surface area contributed by atoms with Gasteiger partial charge in [-0.15, -0.1) is 0 Å². The highest BCUT2D eigenvalue weighted by molar-refractivity contribution is 5.78. The first kappa shape index (κ1) is 26.3. The maximum absolute atomic E-state index is 15.0. The second-order valence-corrected chi connectivity index (χ2v) is 9.58. The van der Waals surface area contributed by atoms with Crippen LogP contribution in [0.1, 0.15) is 22.9 Å². The van der Waals surface area contributed by atoms with E-state index in [0.717, 1.165) is 16.7 Å². The Morgan fingerprint density at radius 3 is 2.05 bits per heavy atom. The lowest BCUT2D eigenvalue weighted by Gasteiger charge is -2.37. The molecular weight excluding hydrogens is 525 g/mol. The minimum Gasteiger partial charge on any atom is -0.497 e. The normalized spacial score (nSPS) is 18.7. The van der Waals surface area contributed by atoms with Gasteiger partial charge in [-0.2, -0.15) is 9.97 Å². The van der Waals surface area contributed by atoms with Gasteiger partial charge < -0.3 is 24.6 Å². The fourth-order valence-electron chi connectivity index (χ4n) is 5.21. The van der Waals surface area contributed by atoms with Gasteiger partial charge in [-0.3, -0.25) is 4.57 Å². The fourth-order valence-corrected chi connectivity index (χ4v) is 5.21. The molecule has 0 spiro atoms. The summed E-state index contributed by atoms with van der Waals surface area (Å²) in [6.45, 7) is 3.61. The molecule has 3 atom stereocenters. The van der Waals surface area contributed by atoms with Gasteiger partial charge in [0.1, 0.15) is 29.5 Å². The van der Waals surface area contributed by atoms with Crippen LogP contribution in [0.5, 0.6) is 11.6 Å². The summed E-state index contributed by atoms with van der Waals surface area (Å²) in [7, 11) is 3.10. The number of benzene rings is 3. The number of nitrogens with one attached hydrogen (secondary N) is 1. The van der Waals surface area contributed by atoms with E-state index in [1.165, 1.54) is 18.0 Å². The maximum Gasteiger partial charge on any atom is 0.246 e. The van der Waals surface area contributed by atoms with Crippen molar-refractivity contribution in [2.45, 2.75) is 24.0 Å². The van der Waals surface area contributed by atoms with E-state index < -0.39 is 24.0 Å². The minimum absolute atomic E-state index is 0.0598. The van der Waals surface area contributed by atoms with Crippen molar-refractivity contribution in [2.24, 2.45) is 0 Å². The highest BCUT2D eigenvalue weighted by atomic mass is 19.1. The zero-order valence-corrected chi connectivity index (χ0v) is 22.4. The number of fused-ring (bicyclic) bond motifs is 1. The number of aliphatic hydroxyl groups excluding tert-OH is 1. The van der Waals surface area contributed by atoms with Crippen LogP contribution < -0.4 is 14.8 Å². The summed E-state index contributed by atoms with van der Waals surface area (Å²) < 4.78 is 33.0. The number of rotatable bonds is 8. The molecule has 1 aliphatic heterocycles. The molecule has 6 rings (SSSR count). The van der Waals surface area contributed by atoms with Crippen LogP contribution in [0.2, 0.25) is 0 Å². The number of halogens is 1. The lowest BCUT2D eigenvalue weighted by molar-refractivity contribution is 0.0406. The molecule has 1 fully saturated rings. The second-order valence-electron chi connectivity index (χ2n) is 9.58. The molecule has 3 heterocycles. The third kappa shape index (κ3) is 4.42. The van der Waals surface area contributed by atoms with Crippen LogP contribution in [0.25, 0.3) is 11.2 Å². The Balaban J connectivity index is 1.57. The van der Waals surface area contributed by atoms with Crippen LogP contribution in [-0.4, -0.2) is 51.1 Å². The lowest BCUT2D eigenvalue weighted by atomic mass is 9.77. The molecule has 0 amide bonds. The average molecular weight is 554 g/mol. The monoisotopic (exact) mass is 553 g/mol. The summed E-state index contributed by atoms with van der Waals surface area (Å²) in [6, 6.07) is 27.6. The number of aromatic nitrogens is 4. The zero-order valence-electron chi connectivity index (χ0n) is 22.4. The van der Waals surface area contributed by atoms with Gasteiger partial charge in [0, 0.05) is 0 Å². The number of alkyl halides is 1. The molecule has 2 aromatic heterocycles. The molecule has 0 radical (unpaired) electrons. The maximum atomic E-state index is 15.0. The van der Waals surface area contributed by atoms with E-state index in [2.05, 4.69) is 21.9 Å². The minimum atomic E-state index is -1.76. The third-order valence-electron chi connectivity index (χ3n) is 7.27. The van der Waals surface area contributed by atoms with Crippen molar-refractivity contribution in [3.63, 3.8) is 0 Å². The Morgan fingerprint density at radius 2 is 1.51 bits per heavy atom. The SMILES string of the molecule is C=C1O[C@@H](n2cnc3c(OC)nc(NC(c4ccccc4)(c4ccccc4)c4ccc(OC)cc4)nc32)[C@H](F)[C@@H]1O.